The summed E-state index contributed by atoms with van der Waals surface area (Å²) in [4.78, 5) is 37.7. The topological polar surface area (TPSA) is 86.7 Å². The van der Waals surface area contributed by atoms with Crippen LogP contribution >= 0.6 is 11.8 Å². The number of carbonyl (C=O) groups excluding carboxylic acids is 2. The second kappa shape index (κ2) is 9.77. The zero-order chi connectivity index (χ0) is 23.5. The Morgan fingerprint density at radius 3 is 2.25 bits per heavy atom. The van der Waals surface area contributed by atoms with Crippen molar-refractivity contribution in [1.29, 1.82) is 0 Å². The maximum Gasteiger partial charge on any atom is 0.325 e. The van der Waals surface area contributed by atoms with Crippen LogP contribution in [0.25, 0.3) is 0 Å². The van der Waals surface area contributed by atoms with Crippen LogP contribution in [0, 0.1) is 5.41 Å². The number of carboxylic acid groups (broad SMARTS) is 1. The van der Waals surface area contributed by atoms with Crippen LogP contribution in [0.5, 0.6) is 0 Å². The number of carbonyl (C=O) groups is 3. The van der Waals surface area contributed by atoms with Crippen LogP contribution in [0.15, 0.2) is 54.6 Å². The van der Waals surface area contributed by atoms with Gasteiger partial charge < -0.3 is 10.4 Å². The van der Waals surface area contributed by atoms with Crippen molar-refractivity contribution in [1.82, 2.24) is 10.2 Å². The number of benzene rings is 2. The van der Waals surface area contributed by atoms with Gasteiger partial charge in [-0.1, -0.05) is 75.4 Å². The average molecular weight is 455 g/mol. The van der Waals surface area contributed by atoms with Crippen molar-refractivity contribution in [3.05, 3.63) is 71.3 Å². The second-order valence-corrected chi connectivity index (χ2v) is 10.4. The number of aliphatic carboxylic acids is 1. The zero-order valence-corrected chi connectivity index (χ0v) is 19.7. The van der Waals surface area contributed by atoms with Gasteiger partial charge in [-0.3, -0.25) is 14.5 Å². The smallest absolute Gasteiger partial charge is 0.325 e. The molecule has 1 heterocycles. The van der Waals surface area contributed by atoms with Gasteiger partial charge in [0.1, 0.15) is 0 Å². The molecule has 7 heteroatoms. The standard InChI is InChI=1S/C25H30N2O4S/c1-16(18-8-6-5-7-9-18)26-24(31)27-20(28)14-21(27)32-15-17-10-12-19(13-11-17)22(23(29)30)25(2,3)4/h5-13,16,21-22H,14-15H2,1-4H3,(H,26,31)(H,29,30)/t16-,21?,22?/m1/s1. The minimum Gasteiger partial charge on any atom is -0.481 e. The Bertz CT molecular complexity index is 970. The lowest BCUT2D eigenvalue weighted by atomic mass is 9.76. The molecule has 0 radical (unpaired) electrons. The number of likely N-dealkylation sites (tertiary alicyclic amines) is 1. The third-order valence-corrected chi connectivity index (χ3v) is 6.89. The highest BCUT2D eigenvalue weighted by Crippen LogP contribution is 2.36. The molecule has 0 aliphatic carbocycles. The van der Waals surface area contributed by atoms with Crippen molar-refractivity contribution in [2.24, 2.45) is 5.41 Å². The highest BCUT2D eigenvalue weighted by molar-refractivity contribution is 7.99. The van der Waals surface area contributed by atoms with E-state index in [2.05, 4.69) is 5.32 Å². The molecule has 0 saturated carbocycles. The Kier molecular flexibility index (Phi) is 7.29. The highest BCUT2D eigenvalue weighted by atomic mass is 32.2. The number of urea groups is 1. The van der Waals surface area contributed by atoms with Gasteiger partial charge in [-0.25, -0.2) is 4.79 Å². The molecule has 1 saturated heterocycles. The summed E-state index contributed by atoms with van der Waals surface area (Å²) in [5.74, 6) is -0.966. The van der Waals surface area contributed by atoms with Gasteiger partial charge in [0.05, 0.1) is 23.8 Å². The molecule has 0 bridgehead atoms. The number of hydrogen-bond donors (Lipinski definition) is 2. The van der Waals surface area contributed by atoms with Gasteiger partial charge in [-0.15, -0.1) is 11.8 Å². The largest absolute Gasteiger partial charge is 0.481 e. The van der Waals surface area contributed by atoms with Gasteiger partial charge in [0, 0.05) is 5.75 Å². The Balaban J connectivity index is 1.58. The summed E-state index contributed by atoms with van der Waals surface area (Å²) < 4.78 is 0. The first-order chi connectivity index (χ1) is 15.1. The Hall–Kier alpha value is -2.80. The number of hydrogen-bond acceptors (Lipinski definition) is 4. The van der Waals surface area contributed by atoms with Gasteiger partial charge >= 0.3 is 12.0 Å². The van der Waals surface area contributed by atoms with Crippen LogP contribution in [0.4, 0.5) is 4.79 Å². The fourth-order valence-electron chi connectivity index (χ4n) is 3.86. The minimum absolute atomic E-state index is 0.176. The molecule has 3 amide bonds. The zero-order valence-electron chi connectivity index (χ0n) is 18.9. The molecule has 32 heavy (non-hydrogen) atoms. The summed E-state index contributed by atoms with van der Waals surface area (Å²) in [5, 5.41) is 12.3. The molecule has 1 fully saturated rings. The van der Waals surface area contributed by atoms with E-state index in [9.17, 15) is 19.5 Å². The number of β-lactam (4-membered cyclic amide) rings is 1. The Labute approximate surface area is 193 Å². The molecule has 2 N–H and O–H groups in total. The predicted octanol–water partition coefficient (Wildman–Crippen LogP) is 5.16. The molecule has 1 aliphatic rings. The van der Waals surface area contributed by atoms with Crippen molar-refractivity contribution >= 4 is 29.7 Å². The van der Waals surface area contributed by atoms with E-state index in [-0.39, 0.29) is 28.8 Å². The first kappa shape index (κ1) is 23.9. The fourth-order valence-corrected chi connectivity index (χ4v) is 5.06. The van der Waals surface area contributed by atoms with Gasteiger partial charge in [0.25, 0.3) is 0 Å². The van der Waals surface area contributed by atoms with E-state index in [1.165, 1.54) is 16.7 Å². The number of amides is 3. The van der Waals surface area contributed by atoms with Crippen LogP contribution in [0.1, 0.15) is 62.8 Å². The number of rotatable bonds is 7. The third-order valence-electron chi connectivity index (χ3n) is 5.63. The second-order valence-electron chi connectivity index (χ2n) is 9.19. The molecule has 6 nitrogen and oxygen atoms in total. The number of carboxylic acids is 1. The summed E-state index contributed by atoms with van der Waals surface area (Å²) in [7, 11) is 0. The summed E-state index contributed by atoms with van der Waals surface area (Å²) >= 11 is 1.53. The van der Waals surface area contributed by atoms with Crippen molar-refractivity contribution in [3.63, 3.8) is 0 Å². The van der Waals surface area contributed by atoms with E-state index < -0.39 is 11.9 Å². The highest BCUT2D eigenvalue weighted by Gasteiger charge is 2.41. The van der Waals surface area contributed by atoms with E-state index in [1.54, 1.807) is 0 Å². The quantitative estimate of drug-likeness (QED) is 0.564. The molecule has 1 aliphatic heterocycles. The molecule has 170 valence electrons. The number of nitrogens with zero attached hydrogens (tertiary/aromatic N) is 1. The van der Waals surface area contributed by atoms with E-state index in [0.29, 0.717) is 12.2 Å². The molecule has 2 aromatic rings. The first-order valence-corrected chi connectivity index (χ1v) is 11.7. The summed E-state index contributed by atoms with van der Waals surface area (Å²) in [6.45, 7) is 7.65. The van der Waals surface area contributed by atoms with E-state index in [4.69, 9.17) is 0 Å². The van der Waals surface area contributed by atoms with E-state index in [0.717, 1.165) is 16.7 Å². The van der Waals surface area contributed by atoms with Gasteiger partial charge in [0.2, 0.25) is 5.91 Å². The van der Waals surface area contributed by atoms with Crippen molar-refractivity contribution in [2.75, 3.05) is 0 Å². The van der Waals surface area contributed by atoms with Crippen LogP contribution in [-0.2, 0) is 15.3 Å². The van der Waals surface area contributed by atoms with Crippen molar-refractivity contribution in [2.45, 2.75) is 57.2 Å². The lowest BCUT2D eigenvalue weighted by Crippen LogP contribution is -2.57. The maximum absolute atomic E-state index is 12.6. The van der Waals surface area contributed by atoms with Crippen LogP contribution < -0.4 is 5.32 Å². The first-order valence-electron chi connectivity index (χ1n) is 10.7. The maximum atomic E-state index is 12.6. The molecular weight excluding hydrogens is 424 g/mol. The predicted molar refractivity (Wildman–Crippen MR) is 126 cm³/mol. The molecule has 2 unspecified atom stereocenters. The third kappa shape index (κ3) is 5.51. The SMILES string of the molecule is C[C@@H](NC(=O)N1C(=O)CC1SCc1ccc(C(C(=O)O)C(C)(C)C)cc1)c1ccccc1. The van der Waals surface area contributed by atoms with Gasteiger partial charge in [-0.05, 0) is 29.0 Å². The fraction of sp³-hybridized carbons (Fsp3) is 0.400. The molecule has 0 aromatic heterocycles. The Morgan fingerprint density at radius 1 is 1.09 bits per heavy atom. The molecule has 2 aromatic carbocycles. The lowest BCUT2D eigenvalue weighted by molar-refractivity contribution is -0.141. The monoisotopic (exact) mass is 454 g/mol. The molecule has 3 rings (SSSR count). The summed E-state index contributed by atoms with van der Waals surface area (Å²) in [6, 6.07) is 16.6. The van der Waals surface area contributed by atoms with Crippen molar-refractivity contribution in [3.8, 4) is 0 Å². The summed E-state index contributed by atoms with van der Waals surface area (Å²) in [6.07, 6.45) is 0.334. The van der Waals surface area contributed by atoms with Gasteiger partial charge in [-0.2, -0.15) is 0 Å². The number of imide groups is 1. The average Bonchev–Trinajstić information content (AvgIpc) is 2.71. The molecular formula is C25H30N2O4S. The van der Waals surface area contributed by atoms with Crippen LogP contribution in [0.2, 0.25) is 0 Å². The Morgan fingerprint density at radius 2 is 1.72 bits per heavy atom. The van der Waals surface area contributed by atoms with Crippen molar-refractivity contribution < 1.29 is 19.5 Å². The van der Waals surface area contributed by atoms with Gasteiger partial charge in [0.15, 0.2) is 0 Å². The molecule has 0 spiro atoms. The normalized spacial score (nSPS) is 17.9. The van der Waals surface area contributed by atoms with E-state index in [1.807, 2.05) is 82.3 Å². The minimum atomic E-state index is -0.834. The van der Waals surface area contributed by atoms with Crippen LogP contribution in [-0.4, -0.2) is 33.3 Å². The summed E-state index contributed by atoms with van der Waals surface area (Å²) in [5.41, 5.74) is 2.38. The number of thioether (sulfide) groups is 1. The number of nitrogens with one attached hydrogen (secondary N) is 1. The van der Waals surface area contributed by atoms with Crippen LogP contribution in [0.3, 0.4) is 0 Å². The molecule has 3 atom stereocenters. The lowest BCUT2D eigenvalue weighted by Gasteiger charge is -2.38. The van der Waals surface area contributed by atoms with E-state index >= 15 is 0 Å².